The highest BCUT2D eigenvalue weighted by atomic mass is 79.9. The van der Waals surface area contributed by atoms with Crippen molar-refractivity contribution >= 4 is 45.3 Å². The predicted molar refractivity (Wildman–Crippen MR) is 88.3 cm³/mol. The van der Waals surface area contributed by atoms with Crippen molar-refractivity contribution in [3.63, 3.8) is 0 Å². The molecule has 104 valence electrons. The van der Waals surface area contributed by atoms with E-state index in [9.17, 15) is 4.79 Å². The van der Waals surface area contributed by atoms with Crippen LogP contribution < -0.4 is 5.32 Å². The van der Waals surface area contributed by atoms with Gasteiger partial charge < -0.3 is 5.32 Å². The van der Waals surface area contributed by atoms with Gasteiger partial charge in [0.2, 0.25) is 0 Å². The smallest absolute Gasteiger partial charge is 0.275 e. The summed E-state index contributed by atoms with van der Waals surface area (Å²) in [5.41, 5.74) is 2.12. The molecule has 3 nitrogen and oxygen atoms in total. The molecule has 0 aromatic heterocycles. The summed E-state index contributed by atoms with van der Waals surface area (Å²) < 4.78 is 0.937. The Kier molecular flexibility index (Phi) is 3.90. The number of hydrogen-bond donors (Lipinski definition) is 1. The topological polar surface area (TPSA) is 41.5 Å². The molecular formula is C16H10BrClN2O. The zero-order chi connectivity index (χ0) is 14.8. The van der Waals surface area contributed by atoms with Crippen LogP contribution in [0.5, 0.6) is 0 Å². The Morgan fingerprint density at radius 3 is 2.62 bits per heavy atom. The summed E-state index contributed by atoms with van der Waals surface area (Å²) in [6, 6.07) is 14.9. The van der Waals surface area contributed by atoms with Crippen LogP contribution in [0.1, 0.15) is 11.1 Å². The highest BCUT2D eigenvalue weighted by Gasteiger charge is 2.21. The first-order chi connectivity index (χ1) is 10.1. The molecule has 21 heavy (non-hydrogen) atoms. The summed E-state index contributed by atoms with van der Waals surface area (Å²) >= 11 is 9.25. The molecule has 0 bridgehead atoms. The SMILES string of the molecule is O=C1NC(c2cccc(Br)c2)=NC1=Cc1ccc(Cl)cc1. The monoisotopic (exact) mass is 360 g/mol. The molecule has 5 heteroatoms. The molecule has 0 atom stereocenters. The minimum atomic E-state index is -0.208. The molecule has 0 fully saturated rings. The molecule has 2 aromatic rings. The van der Waals surface area contributed by atoms with Gasteiger partial charge in [-0.15, -0.1) is 0 Å². The molecular weight excluding hydrogens is 352 g/mol. The van der Waals surface area contributed by atoms with Crippen LogP contribution in [0.4, 0.5) is 0 Å². The van der Waals surface area contributed by atoms with Crippen molar-refractivity contribution in [2.24, 2.45) is 4.99 Å². The lowest BCUT2D eigenvalue weighted by molar-refractivity contribution is -0.115. The lowest BCUT2D eigenvalue weighted by Crippen LogP contribution is -2.24. The molecule has 0 unspecified atom stereocenters. The molecule has 0 saturated heterocycles. The molecule has 1 heterocycles. The fourth-order valence-corrected chi connectivity index (χ4v) is 2.48. The average Bonchev–Trinajstić information content (AvgIpc) is 2.83. The molecule has 1 amide bonds. The molecule has 0 radical (unpaired) electrons. The number of nitrogens with zero attached hydrogens (tertiary/aromatic N) is 1. The first-order valence-corrected chi connectivity index (χ1v) is 7.42. The standard InChI is InChI=1S/C16H10BrClN2O/c17-12-3-1-2-11(9-12)15-19-14(16(21)20-15)8-10-4-6-13(18)7-5-10/h1-9H,(H,19,20,21). The first kappa shape index (κ1) is 14.0. The summed E-state index contributed by atoms with van der Waals surface area (Å²) in [6.45, 7) is 0. The third-order valence-electron chi connectivity index (χ3n) is 2.97. The van der Waals surface area contributed by atoms with E-state index in [4.69, 9.17) is 11.6 Å². The van der Waals surface area contributed by atoms with Gasteiger partial charge in [0.25, 0.3) is 5.91 Å². The number of rotatable bonds is 2. The average molecular weight is 362 g/mol. The number of amidine groups is 1. The molecule has 0 aliphatic carbocycles. The van der Waals surface area contributed by atoms with E-state index in [-0.39, 0.29) is 5.91 Å². The van der Waals surface area contributed by atoms with Gasteiger partial charge >= 0.3 is 0 Å². The normalized spacial score (nSPS) is 16.0. The number of carbonyl (C=O) groups excluding carboxylic acids is 1. The maximum Gasteiger partial charge on any atom is 0.275 e. The van der Waals surface area contributed by atoms with E-state index in [0.717, 1.165) is 15.6 Å². The van der Waals surface area contributed by atoms with E-state index in [1.807, 2.05) is 36.4 Å². The van der Waals surface area contributed by atoms with Crippen LogP contribution in [0.3, 0.4) is 0 Å². The van der Waals surface area contributed by atoms with E-state index in [1.165, 1.54) is 0 Å². The number of aliphatic imine (C=N–C) groups is 1. The van der Waals surface area contributed by atoms with Crippen molar-refractivity contribution in [2.75, 3.05) is 0 Å². The lowest BCUT2D eigenvalue weighted by Gasteiger charge is -2.00. The number of benzene rings is 2. The highest BCUT2D eigenvalue weighted by molar-refractivity contribution is 9.10. The number of amides is 1. The lowest BCUT2D eigenvalue weighted by atomic mass is 10.2. The first-order valence-electron chi connectivity index (χ1n) is 6.25. The number of halogens is 2. The largest absolute Gasteiger partial charge is 0.305 e. The van der Waals surface area contributed by atoms with E-state index in [2.05, 4.69) is 26.2 Å². The van der Waals surface area contributed by atoms with Gasteiger partial charge in [-0.05, 0) is 35.9 Å². The second-order valence-electron chi connectivity index (χ2n) is 4.51. The van der Waals surface area contributed by atoms with Gasteiger partial charge in [0, 0.05) is 15.1 Å². The van der Waals surface area contributed by atoms with Gasteiger partial charge in [0.1, 0.15) is 11.5 Å². The highest BCUT2D eigenvalue weighted by Crippen LogP contribution is 2.18. The van der Waals surface area contributed by atoms with Crippen molar-refractivity contribution in [2.45, 2.75) is 0 Å². The van der Waals surface area contributed by atoms with Crippen molar-refractivity contribution in [3.8, 4) is 0 Å². The zero-order valence-electron chi connectivity index (χ0n) is 10.8. The van der Waals surface area contributed by atoms with Crippen LogP contribution >= 0.6 is 27.5 Å². The molecule has 0 saturated carbocycles. The van der Waals surface area contributed by atoms with Gasteiger partial charge in [0.05, 0.1) is 0 Å². The van der Waals surface area contributed by atoms with Crippen LogP contribution in [0.2, 0.25) is 5.02 Å². The maximum absolute atomic E-state index is 12.0. The van der Waals surface area contributed by atoms with Crippen molar-refractivity contribution < 1.29 is 4.79 Å². The summed E-state index contributed by atoms with van der Waals surface area (Å²) in [4.78, 5) is 16.3. The van der Waals surface area contributed by atoms with E-state index < -0.39 is 0 Å². The second-order valence-corrected chi connectivity index (χ2v) is 5.86. The van der Waals surface area contributed by atoms with Crippen LogP contribution in [0, 0.1) is 0 Å². The molecule has 1 aliphatic heterocycles. The third kappa shape index (κ3) is 3.23. The van der Waals surface area contributed by atoms with E-state index >= 15 is 0 Å². The zero-order valence-corrected chi connectivity index (χ0v) is 13.1. The molecule has 0 spiro atoms. The van der Waals surface area contributed by atoms with Gasteiger partial charge in [0.15, 0.2) is 0 Å². The van der Waals surface area contributed by atoms with Gasteiger partial charge in [-0.3, -0.25) is 4.79 Å². The Hall–Kier alpha value is -1.91. The quantitative estimate of drug-likeness (QED) is 0.807. The Balaban J connectivity index is 1.93. The van der Waals surface area contributed by atoms with Crippen molar-refractivity contribution in [1.82, 2.24) is 5.32 Å². The van der Waals surface area contributed by atoms with E-state index in [1.54, 1.807) is 18.2 Å². The number of carbonyl (C=O) groups is 1. The second kappa shape index (κ2) is 5.84. The van der Waals surface area contributed by atoms with Crippen LogP contribution in [-0.4, -0.2) is 11.7 Å². The van der Waals surface area contributed by atoms with Crippen molar-refractivity contribution in [1.29, 1.82) is 0 Å². The summed E-state index contributed by atoms with van der Waals surface area (Å²) in [5.74, 6) is 0.349. The third-order valence-corrected chi connectivity index (χ3v) is 3.71. The minimum Gasteiger partial charge on any atom is -0.305 e. The van der Waals surface area contributed by atoms with Gasteiger partial charge in [-0.1, -0.05) is 51.8 Å². The Bertz CT molecular complexity index is 766. The maximum atomic E-state index is 12.0. The molecule has 2 aromatic carbocycles. The van der Waals surface area contributed by atoms with E-state index in [0.29, 0.717) is 16.6 Å². The molecule has 3 rings (SSSR count). The van der Waals surface area contributed by atoms with Gasteiger partial charge in [-0.25, -0.2) is 4.99 Å². The Morgan fingerprint density at radius 2 is 1.90 bits per heavy atom. The van der Waals surface area contributed by atoms with Crippen molar-refractivity contribution in [3.05, 3.63) is 74.9 Å². The molecule has 1 N–H and O–H groups in total. The van der Waals surface area contributed by atoms with Crippen LogP contribution in [0.15, 0.2) is 63.7 Å². The van der Waals surface area contributed by atoms with Crippen LogP contribution in [0.25, 0.3) is 6.08 Å². The van der Waals surface area contributed by atoms with Gasteiger partial charge in [-0.2, -0.15) is 0 Å². The summed E-state index contributed by atoms with van der Waals surface area (Å²) in [6.07, 6.45) is 1.73. The summed E-state index contributed by atoms with van der Waals surface area (Å²) in [7, 11) is 0. The summed E-state index contributed by atoms with van der Waals surface area (Å²) in [5, 5.41) is 3.43. The Labute approximate surface area is 135 Å². The predicted octanol–water partition coefficient (Wildman–Crippen LogP) is 4.02. The van der Waals surface area contributed by atoms with Crippen LogP contribution in [-0.2, 0) is 4.79 Å². The Morgan fingerprint density at radius 1 is 1.14 bits per heavy atom. The number of hydrogen-bond acceptors (Lipinski definition) is 2. The number of nitrogens with one attached hydrogen (secondary N) is 1. The fourth-order valence-electron chi connectivity index (χ4n) is 1.96. The molecule has 1 aliphatic rings. The fraction of sp³-hybridized carbons (Fsp3) is 0. The minimum absolute atomic E-state index is 0.208.